The van der Waals surface area contributed by atoms with E-state index in [-0.39, 0.29) is 12.1 Å². The van der Waals surface area contributed by atoms with Gasteiger partial charge in [-0.25, -0.2) is 21.6 Å². The third kappa shape index (κ3) is 3.17. The van der Waals surface area contributed by atoms with Gasteiger partial charge in [-0.2, -0.15) is 0 Å². The Hall–Kier alpha value is -2.06. The van der Waals surface area contributed by atoms with Crippen LogP contribution < -0.4 is 10.5 Å². The molecule has 21 heavy (non-hydrogen) atoms. The molecular weight excluding hydrogens is 305 g/mol. The summed E-state index contributed by atoms with van der Waals surface area (Å²) in [5.41, 5.74) is 4.98. The summed E-state index contributed by atoms with van der Waals surface area (Å²) in [5.74, 6) is -3.33. The summed E-state index contributed by atoms with van der Waals surface area (Å²) in [6.45, 7) is -0.151. The molecule has 112 valence electrons. The van der Waals surface area contributed by atoms with E-state index in [4.69, 9.17) is 5.73 Å². The molecule has 0 aliphatic carbocycles. The van der Waals surface area contributed by atoms with Gasteiger partial charge in [-0.1, -0.05) is 12.1 Å². The van der Waals surface area contributed by atoms with Crippen LogP contribution in [0.1, 0.15) is 5.56 Å². The fourth-order valence-corrected chi connectivity index (χ4v) is 3.05. The standard InChI is InChI=1S/C13H11F3N2O2S/c14-9-5-4-8(7-17)12(6-9)21(19,20)18-11-3-1-2-10(15)13(11)16/h1-6,18H,7,17H2. The molecule has 4 nitrogen and oxygen atoms in total. The van der Waals surface area contributed by atoms with Crippen molar-refractivity contribution in [3.63, 3.8) is 0 Å². The Labute approximate surface area is 119 Å². The van der Waals surface area contributed by atoms with Crippen LogP contribution in [0.5, 0.6) is 0 Å². The smallest absolute Gasteiger partial charge is 0.262 e. The SMILES string of the molecule is NCc1ccc(F)cc1S(=O)(=O)Nc1cccc(F)c1F. The molecule has 0 spiro atoms. The number of sulfonamides is 1. The number of benzene rings is 2. The monoisotopic (exact) mass is 316 g/mol. The number of nitrogens with two attached hydrogens (primary N) is 1. The molecule has 3 N–H and O–H groups in total. The number of anilines is 1. The van der Waals surface area contributed by atoms with Crippen molar-refractivity contribution in [2.45, 2.75) is 11.4 Å². The molecule has 0 atom stereocenters. The van der Waals surface area contributed by atoms with E-state index in [2.05, 4.69) is 0 Å². The Kier molecular flexibility index (Phi) is 4.19. The summed E-state index contributed by atoms with van der Waals surface area (Å²) in [6.07, 6.45) is 0. The first kappa shape index (κ1) is 15.3. The van der Waals surface area contributed by atoms with E-state index in [0.29, 0.717) is 0 Å². The molecule has 0 aliphatic rings. The molecule has 0 aromatic heterocycles. The van der Waals surface area contributed by atoms with Crippen LogP contribution >= 0.6 is 0 Å². The van der Waals surface area contributed by atoms with Gasteiger partial charge in [0, 0.05) is 6.54 Å². The number of halogens is 3. The topological polar surface area (TPSA) is 72.2 Å². The van der Waals surface area contributed by atoms with E-state index in [9.17, 15) is 21.6 Å². The first-order valence-electron chi connectivity index (χ1n) is 5.80. The lowest BCUT2D eigenvalue weighted by Crippen LogP contribution is -2.17. The minimum Gasteiger partial charge on any atom is -0.326 e. The van der Waals surface area contributed by atoms with Crippen LogP contribution in [0.2, 0.25) is 0 Å². The Morgan fingerprint density at radius 1 is 1.10 bits per heavy atom. The minimum absolute atomic E-state index is 0.151. The highest BCUT2D eigenvalue weighted by molar-refractivity contribution is 7.92. The fraction of sp³-hybridized carbons (Fsp3) is 0.0769. The molecule has 2 aromatic rings. The van der Waals surface area contributed by atoms with Crippen molar-refractivity contribution in [1.29, 1.82) is 0 Å². The molecule has 0 radical (unpaired) electrons. The van der Waals surface area contributed by atoms with Crippen molar-refractivity contribution in [2.75, 3.05) is 4.72 Å². The van der Waals surface area contributed by atoms with E-state index >= 15 is 0 Å². The van der Waals surface area contributed by atoms with E-state index < -0.39 is 38.1 Å². The number of hydrogen-bond acceptors (Lipinski definition) is 3. The second-order valence-electron chi connectivity index (χ2n) is 4.16. The molecule has 0 amide bonds. The molecule has 0 fully saturated rings. The highest BCUT2D eigenvalue weighted by Crippen LogP contribution is 2.23. The summed E-state index contributed by atoms with van der Waals surface area (Å²) >= 11 is 0. The molecule has 0 unspecified atom stereocenters. The predicted molar refractivity (Wildman–Crippen MR) is 71.5 cm³/mol. The third-order valence-electron chi connectivity index (χ3n) is 2.73. The highest BCUT2D eigenvalue weighted by atomic mass is 32.2. The van der Waals surface area contributed by atoms with Crippen LogP contribution in [0.15, 0.2) is 41.3 Å². The van der Waals surface area contributed by atoms with Gasteiger partial charge in [-0.15, -0.1) is 0 Å². The maximum Gasteiger partial charge on any atom is 0.262 e. The second kappa shape index (κ2) is 5.74. The fourth-order valence-electron chi connectivity index (χ4n) is 1.73. The van der Waals surface area contributed by atoms with Crippen LogP contribution in [-0.2, 0) is 16.6 Å². The minimum atomic E-state index is -4.29. The van der Waals surface area contributed by atoms with Gasteiger partial charge in [-0.05, 0) is 29.8 Å². The van der Waals surface area contributed by atoms with Crippen molar-refractivity contribution in [2.24, 2.45) is 5.73 Å². The van der Waals surface area contributed by atoms with Crippen LogP contribution in [0, 0.1) is 17.5 Å². The van der Waals surface area contributed by atoms with Gasteiger partial charge < -0.3 is 5.73 Å². The van der Waals surface area contributed by atoms with Crippen molar-refractivity contribution in [1.82, 2.24) is 0 Å². The Bertz CT molecular complexity index is 779. The molecule has 0 saturated carbocycles. The summed E-state index contributed by atoms with van der Waals surface area (Å²) in [7, 11) is -4.29. The number of nitrogens with one attached hydrogen (secondary N) is 1. The van der Waals surface area contributed by atoms with Crippen LogP contribution in [0.25, 0.3) is 0 Å². The zero-order chi connectivity index (χ0) is 15.6. The normalized spacial score (nSPS) is 11.4. The number of rotatable bonds is 4. The zero-order valence-electron chi connectivity index (χ0n) is 10.6. The Balaban J connectivity index is 2.48. The molecule has 0 saturated heterocycles. The third-order valence-corrected chi connectivity index (χ3v) is 4.18. The summed E-state index contributed by atoms with van der Waals surface area (Å²) in [4.78, 5) is -0.423. The quantitative estimate of drug-likeness (QED) is 0.909. The molecule has 0 aliphatic heterocycles. The molecule has 0 heterocycles. The van der Waals surface area contributed by atoms with Gasteiger partial charge in [0.05, 0.1) is 10.6 Å². The molecule has 2 aromatic carbocycles. The van der Waals surface area contributed by atoms with Crippen molar-refractivity contribution < 1.29 is 21.6 Å². The molecule has 2 rings (SSSR count). The molecular formula is C13H11F3N2O2S. The van der Waals surface area contributed by atoms with Gasteiger partial charge in [0.2, 0.25) is 0 Å². The lowest BCUT2D eigenvalue weighted by molar-refractivity contribution is 0.511. The summed E-state index contributed by atoms with van der Waals surface area (Å²) in [5, 5.41) is 0. The first-order chi connectivity index (χ1) is 9.85. The van der Waals surface area contributed by atoms with Crippen molar-refractivity contribution >= 4 is 15.7 Å². The lowest BCUT2D eigenvalue weighted by atomic mass is 10.2. The van der Waals surface area contributed by atoms with Gasteiger partial charge in [-0.3, -0.25) is 4.72 Å². The van der Waals surface area contributed by atoms with Crippen molar-refractivity contribution in [3.8, 4) is 0 Å². The maximum absolute atomic E-state index is 13.5. The average molecular weight is 316 g/mol. The average Bonchev–Trinajstić information content (AvgIpc) is 2.44. The maximum atomic E-state index is 13.5. The van der Waals surface area contributed by atoms with Gasteiger partial charge >= 0.3 is 0 Å². The van der Waals surface area contributed by atoms with Gasteiger partial charge in [0.25, 0.3) is 10.0 Å². The zero-order valence-corrected chi connectivity index (χ0v) is 11.4. The van der Waals surface area contributed by atoms with E-state index in [1.165, 1.54) is 6.07 Å². The van der Waals surface area contributed by atoms with Crippen LogP contribution in [0.3, 0.4) is 0 Å². The van der Waals surface area contributed by atoms with Crippen molar-refractivity contribution in [3.05, 3.63) is 59.4 Å². The van der Waals surface area contributed by atoms with Crippen LogP contribution in [0.4, 0.5) is 18.9 Å². The summed E-state index contributed by atoms with van der Waals surface area (Å²) < 4.78 is 66.0. The largest absolute Gasteiger partial charge is 0.326 e. The summed E-state index contributed by atoms with van der Waals surface area (Å²) in [6, 6.07) is 6.08. The number of hydrogen-bond donors (Lipinski definition) is 2. The van der Waals surface area contributed by atoms with E-state index in [0.717, 1.165) is 30.3 Å². The van der Waals surface area contributed by atoms with Gasteiger partial charge in [0.1, 0.15) is 5.82 Å². The van der Waals surface area contributed by atoms with Gasteiger partial charge in [0.15, 0.2) is 11.6 Å². The second-order valence-corrected chi connectivity index (χ2v) is 5.81. The lowest BCUT2D eigenvalue weighted by Gasteiger charge is -2.12. The Morgan fingerprint density at radius 2 is 1.81 bits per heavy atom. The predicted octanol–water partition coefficient (Wildman–Crippen LogP) is 2.36. The first-order valence-corrected chi connectivity index (χ1v) is 7.29. The molecule has 8 heteroatoms. The molecule has 0 bridgehead atoms. The van der Waals surface area contributed by atoms with Crippen LogP contribution in [-0.4, -0.2) is 8.42 Å². The van der Waals surface area contributed by atoms with E-state index in [1.807, 2.05) is 4.72 Å². The highest BCUT2D eigenvalue weighted by Gasteiger charge is 2.21. The Morgan fingerprint density at radius 3 is 2.48 bits per heavy atom. The van der Waals surface area contributed by atoms with E-state index in [1.54, 1.807) is 0 Å².